The quantitative estimate of drug-likeness (QED) is 0.548. The van der Waals surface area contributed by atoms with Crippen molar-refractivity contribution in [2.75, 3.05) is 4.90 Å². The van der Waals surface area contributed by atoms with Crippen molar-refractivity contribution >= 4 is 56.5 Å². The molecule has 3 aromatic rings. The van der Waals surface area contributed by atoms with Crippen LogP contribution in [0.1, 0.15) is 16.4 Å². The second kappa shape index (κ2) is 6.93. The molecule has 2 amide bonds. The van der Waals surface area contributed by atoms with Crippen molar-refractivity contribution in [1.29, 1.82) is 0 Å². The molecule has 146 valence electrons. The van der Waals surface area contributed by atoms with E-state index >= 15 is 0 Å². The number of amides is 2. The lowest BCUT2D eigenvalue weighted by Gasteiger charge is -2.29. The Morgan fingerprint density at radius 2 is 1.66 bits per heavy atom. The van der Waals surface area contributed by atoms with Gasteiger partial charge in [0.1, 0.15) is 11.1 Å². The van der Waals surface area contributed by atoms with E-state index in [0.717, 1.165) is 15.8 Å². The van der Waals surface area contributed by atoms with Gasteiger partial charge in [-0.15, -0.1) is 0 Å². The van der Waals surface area contributed by atoms with Gasteiger partial charge < -0.3 is 4.98 Å². The maximum absolute atomic E-state index is 13.5. The van der Waals surface area contributed by atoms with Crippen LogP contribution in [0.3, 0.4) is 0 Å². The minimum absolute atomic E-state index is 0.237. The third-order valence-electron chi connectivity index (χ3n) is 5.14. The number of rotatable bonds is 2. The van der Waals surface area contributed by atoms with Gasteiger partial charge in [-0.3, -0.25) is 14.4 Å². The Balaban J connectivity index is 1.64. The van der Waals surface area contributed by atoms with Gasteiger partial charge in [0.05, 0.1) is 16.6 Å². The van der Waals surface area contributed by atoms with E-state index in [1.807, 2.05) is 0 Å². The average Bonchev–Trinajstić information content (AvgIpc) is 3.19. The van der Waals surface area contributed by atoms with E-state index in [1.165, 1.54) is 28.8 Å². The van der Waals surface area contributed by atoms with Crippen LogP contribution < -0.4 is 9.77 Å². The first-order valence-electron chi connectivity index (χ1n) is 8.72. The van der Waals surface area contributed by atoms with Gasteiger partial charge in [0.25, 0.3) is 0 Å². The zero-order valence-electron chi connectivity index (χ0n) is 14.6. The fourth-order valence-electron chi connectivity index (χ4n) is 3.89. The fraction of sp³-hybridized carbons (Fsp3) is 0.150. The van der Waals surface area contributed by atoms with Crippen LogP contribution in [0, 0.1) is 11.7 Å². The first-order chi connectivity index (χ1) is 13.9. The van der Waals surface area contributed by atoms with Crippen molar-refractivity contribution in [3.63, 3.8) is 0 Å². The predicted octanol–water partition coefficient (Wildman–Crippen LogP) is 4.13. The Morgan fingerprint density at radius 1 is 0.966 bits per heavy atom. The molecule has 0 spiro atoms. The molecule has 1 saturated heterocycles. The van der Waals surface area contributed by atoms with Crippen LogP contribution in [-0.4, -0.2) is 22.0 Å². The molecule has 0 saturated carbocycles. The smallest absolute Gasteiger partial charge is 0.305 e. The zero-order chi connectivity index (χ0) is 20.3. The maximum atomic E-state index is 13.5. The molecular weight excluding hydrogens is 479 g/mol. The molecule has 29 heavy (non-hydrogen) atoms. The van der Waals surface area contributed by atoms with E-state index in [2.05, 4.69) is 20.9 Å². The van der Waals surface area contributed by atoms with Crippen LogP contribution in [0.4, 0.5) is 10.1 Å². The van der Waals surface area contributed by atoms with Gasteiger partial charge in [0, 0.05) is 15.3 Å². The number of fused-ring (bicyclic) bond motifs is 2. The number of H-pyrrole nitrogens is 1. The molecule has 2 aromatic carbocycles. The molecule has 3 atom stereocenters. The van der Waals surface area contributed by atoms with Crippen LogP contribution in [0.2, 0.25) is 0 Å². The molecule has 3 heterocycles. The summed E-state index contributed by atoms with van der Waals surface area (Å²) in [4.78, 5) is 43.1. The van der Waals surface area contributed by atoms with Crippen LogP contribution in [0.5, 0.6) is 0 Å². The van der Waals surface area contributed by atoms with Gasteiger partial charge >= 0.3 is 4.87 Å². The fourth-order valence-corrected chi connectivity index (χ4v) is 6.67. The molecular formula is C20H12BrFN2O3S2. The summed E-state index contributed by atoms with van der Waals surface area (Å²) in [5, 5.41) is -0.0478. The molecule has 1 aromatic heterocycles. The van der Waals surface area contributed by atoms with E-state index in [4.69, 9.17) is 0 Å². The molecule has 0 bridgehead atoms. The number of halogens is 2. The van der Waals surface area contributed by atoms with Gasteiger partial charge in [0.15, 0.2) is 0 Å². The lowest BCUT2D eigenvalue weighted by Crippen LogP contribution is -2.32. The Labute approximate surface area is 181 Å². The Morgan fingerprint density at radius 3 is 2.34 bits per heavy atom. The minimum atomic E-state index is -0.666. The Bertz CT molecular complexity index is 1190. The van der Waals surface area contributed by atoms with E-state index < -0.39 is 17.1 Å². The van der Waals surface area contributed by atoms with Crippen LogP contribution in [-0.2, 0) is 9.59 Å². The molecule has 1 N–H and O–H groups in total. The van der Waals surface area contributed by atoms with Crippen molar-refractivity contribution in [2.45, 2.75) is 16.2 Å². The highest BCUT2D eigenvalue weighted by Gasteiger charge is 2.56. The number of nitrogens with one attached hydrogen (secondary N) is 1. The second-order valence-electron chi connectivity index (χ2n) is 6.79. The Hall–Kier alpha value is -2.23. The standard InChI is InChI=1S/C20H12BrFN2O3S2/c21-10-3-7-12(8-4-10)24-18(25)14-13(9-1-5-11(22)6-2-9)15-17(23-20(27)29-15)28-16(14)19(24)26/h1-8,13-14,16H,(H,23,27). The number of aromatic amines is 1. The van der Waals surface area contributed by atoms with Crippen LogP contribution >= 0.6 is 39.0 Å². The molecule has 0 aliphatic carbocycles. The predicted molar refractivity (Wildman–Crippen MR) is 113 cm³/mol. The molecule has 5 nitrogen and oxygen atoms in total. The van der Waals surface area contributed by atoms with Crippen molar-refractivity contribution in [3.05, 3.63) is 78.9 Å². The van der Waals surface area contributed by atoms with Gasteiger partial charge in [-0.2, -0.15) is 0 Å². The SMILES string of the molecule is O=C1C2Sc3[nH]c(=O)sc3C(c3ccc(F)cc3)C2C(=O)N1c1ccc(Br)cc1. The molecule has 2 aliphatic heterocycles. The van der Waals surface area contributed by atoms with E-state index in [1.54, 1.807) is 36.4 Å². The van der Waals surface area contributed by atoms with Crippen LogP contribution in [0.25, 0.3) is 0 Å². The van der Waals surface area contributed by atoms with Gasteiger partial charge in [-0.1, -0.05) is 51.2 Å². The molecule has 9 heteroatoms. The normalized spacial score (nSPS) is 23.2. The van der Waals surface area contributed by atoms with E-state index in [0.29, 0.717) is 21.2 Å². The number of hydrogen-bond acceptors (Lipinski definition) is 5. The third kappa shape index (κ3) is 2.99. The minimum Gasteiger partial charge on any atom is -0.307 e. The highest BCUT2D eigenvalue weighted by molar-refractivity contribution is 9.10. The molecule has 3 unspecified atom stereocenters. The number of carbonyl (C=O) groups is 2. The number of hydrogen-bond donors (Lipinski definition) is 1. The van der Waals surface area contributed by atoms with E-state index in [9.17, 15) is 18.8 Å². The first-order valence-corrected chi connectivity index (χ1v) is 11.2. The summed E-state index contributed by atoms with van der Waals surface area (Å²) in [6, 6.07) is 12.9. The number of aromatic nitrogens is 1. The Kier molecular flexibility index (Phi) is 4.49. The lowest BCUT2D eigenvalue weighted by atomic mass is 9.83. The monoisotopic (exact) mass is 490 g/mol. The summed E-state index contributed by atoms with van der Waals surface area (Å²) in [6.45, 7) is 0. The largest absolute Gasteiger partial charge is 0.307 e. The number of nitrogens with zero attached hydrogens (tertiary/aromatic N) is 1. The highest BCUT2D eigenvalue weighted by atomic mass is 79.9. The summed E-state index contributed by atoms with van der Waals surface area (Å²) < 4.78 is 14.3. The summed E-state index contributed by atoms with van der Waals surface area (Å²) >= 11 is 5.61. The number of thioether (sulfide) groups is 1. The molecule has 2 aliphatic rings. The summed E-state index contributed by atoms with van der Waals surface area (Å²) in [5.41, 5.74) is 1.21. The van der Waals surface area contributed by atoms with Crippen molar-refractivity contribution in [1.82, 2.24) is 4.98 Å². The second-order valence-corrected chi connectivity index (χ2v) is 9.87. The van der Waals surface area contributed by atoms with Gasteiger partial charge in [0.2, 0.25) is 11.8 Å². The van der Waals surface area contributed by atoms with Crippen LogP contribution in [0.15, 0.2) is 62.8 Å². The van der Waals surface area contributed by atoms with Crippen molar-refractivity contribution in [2.24, 2.45) is 5.92 Å². The lowest BCUT2D eigenvalue weighted by molar-refractivity contribution is -0.122. The third-order valence-corrected chi connectivity index (χ3v) is 8.07. The first kappa shape index (κ1) is 18.8. The summed E-state index contributed by atoms with van der Waals surface area (Å²) in [7, 11) is 0. The molecule has 5 rings (SSSR count). The topological polar surface area (TPSA) is 70.2 Å². The van der Waals surface area contributed by atoms with Gasteiger partial charge in [-0.25, -0.2) is 9.29 Å². The maximum Gasteiger partial charge on any atom is 0.305 e. The van der Waals surface area contributed by atoms with Crippen molar-refractivity contribution < 1.29 is 14.0 Å². The van der Waals surface area contributed by atoms with E-state index in [-0.39, 0.29) is 22.5 Å². The number of benzene rings is 2. The molecule has 1 fully saturated rings. The number of thiazole rings is 1. The highest BCUT2D eigenvalue weighted by Crippen LogP contribution is 2.53. The average molecular weight is 491 g/mol. The number of imide groups is 1. The van der Waals surface area contributed by atoms with Gasteiger partial charge in [-0.05, 0) is 42.0 Å². The van der Waals surface area contributed by atoms with Crippen molar-refractivity contribution in [3.8, 4) is 0 Å². The number of anilines is 1. The zero-order valence-corrected chi connectivity index (χ0v) is 17.8. The summed E-state index contributed by atoms with van der Waals surface area (Å²) in [5.74, 6) is -2.16. The number of carbonyl (C=O) groups excluding carboxylic acids is 2. The molecule has 0 radical (unpaired) electrons. The summed E-state index contributed by atoms with van der Waals surface area (Å²) in [6.07, 6.45) is 0.